The number of halogens is 1. The van der Waals surface area contributed by atoms with E-state index in [1.807, 2.05) is 24.3 Å². The Hall–Kier alpha value is -2.59. The first kappa shape index (κ1) is 16.9. The van der Waals surface area contributed by atoms with Gasteiger partial charge in [0.2, 0.25) is 0 Å². The number of furan rings is 1. The van der Waals surface area contributed by atoms with Gasteiger partial charge in [-0.25, -0.2) is 4.39 Å². The summed E-state index contributed by atoms with van der Waals surface area (Å²) in [5.41, 5.74) is 3.17. The average Bonchev–Trinajstić information content (AvgIpc) is 3.01. The predicted octanol–water partition coefficient (Wildman–Crippen LogP) is 6.04. The average molecular weight is 364 g/mol. The second-order valence-corrected chi connectivity index (χ2v) is 12.7. The summed E-state index contributed by atoms with van der Waals surface area (Å²) in [5, 5.41) is 3.14. The summed E-state index contributed by atoms with van der Waals surface area (Å²) in [7, 11) is 0.539. The molecule has 4 rings (SSSR count). The van der Waals surface area contributed by atoms with Gasteiger partial charge in [0.25, 0.3) is 0 Å². The first-order chi connectivity index (χ1) is 12.4. The number of hydrogen-bond donors (Lipinski definition) is 0. The van der Waals surface area contributed by atoms with E-state index in [-0.39, 0.29) is 5.82 Å². The van der Waals surface area contributed by atoms with Crippen molar-refractivity contribution in [2.75, 3.05) is 11.9 Å². The minimum Gasteiger partial charge on any atom is -0.451 e. The molecule has 0 radical (unpaired) electrons. The van der Waals surface area contributed by atoms with Crippen molar-refractivity contribution >= 4 is 46.6 Å². The Morgan fingerprint density at radius 2 is 1.38 bits per heavy atom. The Morgan fingerprint density at radius 1 is 0.769 bits per heavy atom. The Bertz CT molecular complexity index is 1110. The second-order valence-electron chi connectivity index (χ2n) is 7.70. The fraction of sp³-hybridized carbons (Fsp3) is 0.182. The summed E-state index contributed by atoms with van der Waals surface area (Å²) < 4.78 is 20.2. The van der Waals surface area contributed by atoms with E-state index >= 15 is 0 Å². The number of fused-ring (bicyclic) bond motifs is 3. The molecule has 0 amide bonds. The van der Waals surface area contributed by atoms with Crippen LogP contribution >= 0.6 is 0 Å². The van der Waals surface area contributed by atoms with Crippen LogP contribution in [0.25, 0.3) is 21.9 Å². The standard InChI is InChI=1S/C22H22FNOSi/c1-24(18-12-5-6-14-20(18)26(2,3)4)19-13-8-10-16-15-9-7-11-17(23)21(15)25-22(16)19/h5-14H,1-4H3. The van der Waals surface area contributed by atoms with Crippen molar-refractivity contribution in [3.05, 3.63) is 66.5 Å². The SMILES string of the molecule is CN(c1ccccc1[Si](C)(C)C)c1cccc2c1oc1c(F)cccc12. The van der Waals surface area contributed by atoms with Gasteiger partial charge in [-0.3, -0.25) is 0 Å². The fourth-order valence-electron chi connectivity index (χ4n) is 3.57. The van der Waals surface area contributed by atoms with Crippen LogP contribution in [-0.4, -0.2) is 15.1 Å². The van der Waals surface area contributed by atoms with E-state index in [1.165, 1.54) is 16.9 Å². The molecule has 4 heteroatoms. The third kappa shape index (κ3) is 2.61. The van der Waals surface area contributed by atoms with Crippen molar-refractivity contribution in [1.82, 2.24) is 0 Å². The van der Waals surface area contributed by atoms with Gasteiger partial charge in [-0.2, -0.15) is 0 Å². The van der Waals surface area contributed by atoms with Gasteiger partial charge in [0.05, 0.1) is 13.8 Å². The molecule has 0 spiro atoms. The molecular formula is C22H22FNOSi. The van der Waals surface area contributed by atoms with Crippen LogP contribution in [0.4, 0.5) is 15.8 Å². The number of rotatable bonds is 3. The number of hydrogen-bond acceptors (Lipinski definition) is 2. The molecule has 0 saturated heterocycles. The van der Waals surface area contributed by atoms with E-state index in [0.29, 0.717) is 5.58 Å². The first-order valence-electron chi connectivity index (χ1n) is 8.81. The van der Waals surface area contributed by atoms with E-state index in [4.69, 9.17) is 4.42 Å². The highest BCUT2D eigenvalue weighted by Gasteiger charge is 2.23. The topological polar surface area (TPSA) is 16.4 Å². The molecule has 0 unspecified atom stereocenters. The highest BCUT2D eigenvalue weighted by molar-refractivity contribution is 6.89. The first-order valence-corrected chi connectivity index (χ1v) is 12.3. The highest BCUT2D eigenvalue weighted by Crippen LogP contribution is 2.37. The van der Waals surface area contributed by atoms with Gasteiger partial charge >= 0.3 is 0 Å². The van der Waals surface area contributed by atoms with Crippen LogP contribution in [0.5, 0.6) is 0 Å². The van der Waals surface area contributed by atoms with Gasteiger partial charge < -0.3 is 9.32 Å². The van der Waals surface area contributed by atoms with Gasteiger partial charge in [0, 0.05) is 23.5 Å². The van der Waals surface area contributed by atoms with Gasteiger partial charge in [0.1, 0.15) is 0 Å². The van der Waals surface area contributed by atoms with Crippen LogP contribution in [0.3, 0.4) is 0 Å². The Kier molecular flexibility index (Phi) is 3.88. The lowest BCUT2D eigenvalue weighted by Crippen LogP contribution is -2.40. The molecule has 0 fully saturated rings. The number of benzene rings is 3. The molecule has 1 aromatic heterocycles. The van der Waals surface area contributed by atoms with Crippen LogP contribution in [0.2, 0.25) is 19.6 Å². The molecule has 1 heterocycles. The quantitative estimate of drug-likeness (QED) is 0.413. The monoisotopic (exact) mass is 363 g/mol. The summed E-state index contributed by atoms with van der Waals surface area (Å²) in [6.07, 6.45) is 0. The maximum atomic E-state index is 14.2. The lowest BCUT2D eigenvalue weighted by molar-refractivity contribution is 0.584. The minimum atomic E-state index is -1.51. The molecule has 0 N–H and O–H groups in total. The zero-order chi connectivity index (χ0) is 18.5. The zero-order valence-corrected chi connectivity index (χ0v) is 16.5. The van der Waals surface area contributed by atoms with E-state index in [9.17, 15) is 4.39 Å². The van der Waals surface area contributed by atoms with Crippen molar-refractivity contribution in [3.63, 3.8) is 0 Å². The molecule has 4 aromatic rings. The number of para-hydroxylation sites is 3. The summed E-state index contributed by atoms with van der Waals surface area (Å²) in [4.78, 5) is 2.16. The second kappa shape index (κ2) is 5.99. The summed E-state index contributed by atoms with van der Waals surface area (Å²) in [5.74, 6) is -0.324. The summed E-state index contributed by atoms with van der Waals surface area (Å²) in [6, 6.07) is 19.6. The lowest BCUT2D eigenvalue weighted by Gasteiger charge is -2.28. The molecule has 0 aliphatic carbocycles. The molecule has 2 nitrogen and oxygen atoms in total. The zero-order valence-electron chi connectivity index (χ0n) is 15.5. The van der Waals surface area contributed by atoms with Crippen LogP contribution in [0.1, 0.15) is 0 Å². The molecular weight excluding hydrogens is 341 g/mol. The molecule has 3 aromatic carbocycles. The van der Waals surface area contributed by atoms with E-state index in [1.54, 1.807) is 6.07 Å². The Balaban J connectivity index is 1.96. The largest absolute Gasteiger partial charge is 0.451 e. The molecule has 0 aliphatic heterocycles. The molecule has 0 saturated carbocycles. The van der Waals surface area contributed by atoms with Gasteiger partial charge in [-0.15, -0.1) is 0 Å². The van der Waals surface area contributed by atoms with Crippen LogP contribution in [0, 0.1) is 5.82 Å². The van der Waals surface area contributed by atoms with E-state index < -0.39 is 8.07 Å². The minimum absolute atomic E-state index is 0.321. The molecule has 0 atom stereocenters. The van der Waals surface area contributed by atoms with Crippen molar-refractivity contribution in [2.45, 2.75) is 19.6 Å². The van der Waals surface area contributed by atoms with Crippen molar-refractivity contribution in [3.8, 4) is 0 Å². The third-order valence-corrected chi connectivity index (χ3v) is 6.93. The Labute approximate surface area is 153 Å². The lowest BCUT2D eigenvalue weighted by atomic mass is 10.1. The molecule has 0 aliphatic rings. The van der Waals surface area contributed by atoms with Crippen LogP contribution in [-0.2, 0) is 0 Å². The van der Waals surface area contributed by atoms with Crippen molar-refractivity contribution in [2.24, 2.45) is 0 Å². The smallest absolute Gasteiger partial charge is 0.171 e. The molecule has 26 heavy (non-hydrogen) atoms. The van der Waals surface area contributed by atoms with Crippen LogP contribution in [0.15, 0.2) is 65.1 Å². The number of nitrogens with zero attached hydrogens (tertiary/aromatic N) is 1. The predicted molar refractivity (Wildman–Crippen MR) is 111 cm³/mol. The summed E-state index contributed by atoms with van der Waals surface area (Å²) in [6.45, 7) is 7.03. The van der Waals surface area contributed by atoms with Crippen molar-refractivity contribution in [1.29, 1.82) is 0 Å². The fourth-order valence-corrected chi connectivity index (χ4v) is 5.18. The van der Waals surface area contributed by atoms with Crippen molar-refractivity contribution < 1.29 is 8.81 Å². The summed E-state index contributed by atoms with van der Waals surface area (Å²) >= 11 is 0. The number of anilines is 2. The normalized spacial score (nSPS) is 12.0. The molecule has 0 bridgehead atoms. The maximum Gasteiger partial charge on any atom is 0.171 e. The van der Waals surface area contributed by atoms with Gasteiger partial charge in [-0.05, 0) is 23.4 Å². The van der Waals surface area contributed by atoms with Gasteiger partial charge in [-0.1, -0.05) is 62.1 Å². The van der Waals surface area contributed by atoms with E-state index in [2.05, 4.69) is 55.9 Å². The maximum absolute atomic E-state index is 14.2. The van der Waals surface area contributed by atoms with Crippen LogP contribution < -0.4 is 10.1 Å². The van der Waals surface area contributed by atoms with Gasteiger partial charge in [0.15, 0.2) is 17.0 Å². The highest BCUT2D eigenvalue weighted by atomic mass is 28.3. The molecule has 132 valence electrons. The van der Waals surface area contributed by atoms with E-state index in [0.717, 1.165) is 22.0 Å². The Morgan fingerprint density at radius 3 is 2.12 bits per heavy atom. The third-order valence-electron chi connectivity index (χ3n) is 4.89.